The maximum absolute atomic E-state index is 12.0. The van der Waals surface area contributed by atoms with Gasteiger partial charge in [-0.1, -0.05) is 42.3 Å². The standard InChI is InChI=1S/C31H40Cl2N6O2/c1-2-24-18-38(31-26(33)15-23(17-34-31)35-27-16-29(41)30(27)36-22-7-8-22)13-14-39(24)25-9-11-37(12-10-25)28(19-40)20-3-5-21(32)6-4-20/h3-6,15,17,22,24-25,28,35-36,40H,2,7-14,16,18-19H2,1H3/t24-,28+/m0/s1. The van der Waals surface area contributed by atoms with Crippen LogP contribution in [-0.4, -0.2) is 83.1 Å². The van der Waals surface area contributed by atoms with E-state index in [0.717, 1.165) is 98.3 Å². The molecule has 2 aliphatic heterocycles. The lowest BCUT2D eigenvalue weighted by Crippen LogP contribution is -2.58. The monoisotopic (exact) mass is 598 g/mol. The Balaban J connectivity index is 1.05. The maximum atomic E-state index is 12.0. The fourth-order valence-corrected chi connectivity index (χ4v) is 6.97. The molecule has 2 aromatic rings. The van der Waals surface area contributed by atoms with Crippen LogP contribution in [0.5, 0.6) is 0 Å². The number of ketones is 1. The van der Waals surface area contributed by atoms with Crippen molar-refractivity contribution < 1.29 is 9.90 Å². The Bertz CT molecular complexity index is 1280. The first-order valence-electron chi connectivity index (χ1n) is 15.0. The van der Waals surface area contributed by atoms with E-state index in [1.165, 1.54) is 0 Å². The molecule has 10 heteroatoms. The van der Waals surface area contributed by atoms with Crippen molar-refractivity contribution in [2.45, 2.75) is 69.6 Å². The molecule has 2 aliphatic carbocycles. The molecule has 1 saturated carbocycles. The molecule has 3 heterocycles. The number of piperidine rings is 1. The third kappa shape index (κ3) is 6.37. The lowest BCUT2D eigenvalue weighted by atomic mass is 9.96. The molecule has 1 aromatic carbocycles. The molecule has 2 saturated heterocycles. The van der Waals surface area contributed by atoms with Gasteiger partial charge >= 0.3 is 0 Å². The number of carbonyl (C=O) groups is 1. The van der Waals surface area contributed by atoms with Crippen molar-refractivity contribution in [1.29, 1.82) is 0 Å². The minimum Gasteiger partial charge on any atom is -0.394 e. The molecule has 0 radical (unpaired) electrons. The van der Waals surface area contributed by atoms with Gasteiger partial charge in [0.05, 0.1) is 47.4 Å². The van der Waals surface area contributed by atoms with Crippen LogP contribution in [0.4, 0.5) is 11.5 Å². The van der Waals surface area contributed by atoms with Gasteiger partial charge in [0.1, 0.15) is 5.82 Å². The Kier molecular flexibility index (Phi) is 8.75. The number of nitrogens with zero attached hydrogens (tertiary/aromatic N) is 4. The van der Waals surface area contributed by atoms with Gasteiger partial charge < -0.3 is 20.6 Å². The van der Waals surface area contributed by atoms with E-state index in [2.05, 4.69) is 32.3 Å². The number of anilines is 2. The molecule has 0 spiro atoms. The number of hydrogen-bond donors (Lipinski definition) is 3. The molecule has 0 bridgehead atoms. The van der Waals surface area contributed by atoms with Gasteiger partial charge in [0.2, 0.25) is 0 Å². The molecule has 0 unspecified atom stereocenters. The summed E-state index contributed by atoms with van der Waals surface area (Å²) in [7, 11) is 0. The number of piperazine rings is 1. The van der Waals surface area contributed by atoms with Crippen molar-refractivity contribution in [3.8, 4) is 0 Å². The van der Waals surface area contributed by atoms with Gasteiger partial charge in [0.15, 0.2) is 5.78 Å². The predicted molar refractivity (Wildman–Crippen MR) is 165 cm³/mol. The number of benzene rings is 1. The van der Waals surface area contributed by atoms with E-state index in [4.69, 9.17) is 28.2 Å². The minimum atomic E-state index is 0.0137. The Morgan fingerprint density at radius 3 is 2.46 bits per heavy atom. The third-order valence-corrected chi connectivity index (χ3v) is 9.63. The molecule has 8 nitrogen and oxygen atoms in total. The molecule has 0 amide bonds. The van der Waals surface area contributed by atoms with Crippen LogP contribution in [0.1, 0.15) is 57.1 Å². The van der Waals surface area contributed by atoms with E-state index in [1.807, 2.05) is 36.5 Å². The molecule has 2 atom stereocenters. The van der Waals surface area contributed by atoms with Crippen LogP contribution in [0, 0.1) is 0 Å². The van der Waals surface area contributed by atoms with E-state index >= 15 is 0 Å². The van der Waals surface area contributed by atoms with Gasteiger partial charge in [-0.2, -0.15) is 0 Å². The van der Waals surface area contributed by atoms with Crippen molar-refractivity contribution in [2.75, 3.05) is 49.5 Å². The molecule has 4 aliphatic rings. The van der Waals surface area contributed by atoms with Gasteiger partial charge in [-0.15, -0.1) is 0 Å². The van der Waals surface area contributed by atoms with Gasteiger partial charge in [0, 0.05) is 55.9 Å². The second-order valence-electron chi connectivity index (χ2n) is 11.8. The van der Waals surface area contributed by atoms with E-state index in [-0.39, 0.29) is 18.4 Å². The first-order valence-corrected chi connectivity index (χ1v) is 15.8. The van der Waals surface area contributed by atoms with E-state index in [9.17, 15) is 9.90 Å². The number of aromatic nitrogens is 1. The van der Waals surface area contributed by atoms with Crippen LogP contribution in [0.25, 0.3) is 0 Å². The number of aliphatic hydroxyl groups excluding tert-OH is 1. The summed E-state index contributed by atoms with van der Waals surface area (Å²) in [4.78, 5) is 24.2. The summed E-state index contributed by atoms with van der Waals surface area (Å²) >= 11 is 12.9. The number of rotatable bonds is 10. The molecule has 1 aromatic heterocycles. The van der Waals surface area contributed by atoms with E-state index in [0.29, 0.717) is 29.6 Å². The van der Waals surface area contributed by atoms with Crippen molar-refractivity contribution in [2.24, 2.45) is 0 Å². The number of hydrogen-bond acceptors (Lipinski definition) is 8. The lowest BCUT2D eigenvalue weighted by molar-refractivity contribution is -0.117. The van der Waals surface area contributed by atoms with Crippen molar-refractivity contribution in [3.63, 3.8) is 0 Å². The van der Waals surface area contributed by atoms with Gasteiger partial charge in [0.25, 0.3) is 0 Å². The summed E-state index contributed by atoms with van der Waals surface area (Å²) in [5, 5.41) is 18.2. The SMILES string of the molecule is CC[C@H]1CN(c2ncc(NC3=C(NC4CC4)C(=O)C3)cc2Cl)CCN1C1CCN([C@H](CO)c2ccc(Cl)cc2)CC1. The summed E-state index contributed by atoms with van der Waals surface area (Å²) in [5.74, 6) is 0.993. The quantitative estimate of drug-likeness (QED) is 0.358. The number of nitrogens with one attached hydrogen (secondary N) is 2. The van der Waals surface area contributed by atoms with Crippen LogP contribution in [0.2, 0.25) is 10.0 Å². The number of Topliss-reactive ketones (excluding diaryl/α,β-unsaturated/α-hetero) is 1. The largest absolute Gasteiger partial charge is 0.394 e. The molecule has 220 valence electrons. The number of likely N-dealkylation sites (tertiary alicyclic amines) is 1. The van der Waals surface area contributed by atoms with E-state index < -0.39 is 0 Å². The second kappa shape index (κ2) is 12.5. The van der Waals surface area contributed by atoms with Crippen LogP contribution in [0.3, 0.4) is 0 Å². The fraction of sp³-hybridized carbons (Fsp3) is 0.548. The molecule has 3 fully saturated rings. The van der Waals surface area contributed by atoms with Crippen LogP contribution in [0.15, 0.2) is 47.9 Å². The number of allylic oxidation sites excluding steroid dienone is 2. The summed E-state index contributed by atoms with van der Waals surface area (Å²) in [6, 6.07) is 11.2. The summed E-state index contributed by atoms with van der Waals surface area (Å²) in [6.07, 6.45) is 7.77. The molecular formula is C31H40Cl2N6O2. The lowest BCUT2D eigenvalue weighted by Gasteiger charge is -2.48. The van der Waals surface area contributed by atoms with Crippen molar-refractivity contribution >= 4 is 40.5 Å². The van der Waals surface area contributed by atoms with Crippen LogP contribution in [-0.2, 0) is 4.79 Å². The summed E-state index contributed by atoms with van der Waals surface area (Å²) < 4.78 is 0. The van der Waals surface area contributed by atoms with Crippen molar-refractivity contribution in [3.05, 3.63) is 63.5 Å². The first kappa shape index (κ1) is 28.7. The third-order valence-electron chi connectivity index (χ3n) is 9.10. The maximum Gasteiger partial charge on any atom is 0.186 e. The first-order chi connectivity index (χ1) is 19.9. The molecular weight excluding hydrogens is 559 g/mol. The predicted octanol–water partition coefficient (Wildman–Crippen LogP) is 4.84. The highest BCUT2D eigenvalue weighted by atomic mass is 35.5. The Morgan fingerprint density at radius 1 is 1.07 bits per heavy atom. The van der Waals surface area contributed by atoms with Crippen LogP contribution >= 0.6 is 23.2 Å². The zero-order chi connectivity index (χ0) is 28.5. The topological polar surface area (TPSA) is 84.0 Å². The van der Waals surface area contributed by atoms with Gasteiger partial charge in [-0.05, 0) is 55.9 Å². The Morgan fingerprint density at radius 2 is 1.83 bits per heavy atom. The highest BCUT2D eigenvalue weighted by molar-refractivity contribution is 6.33. The molecule has 6 rings (SSSR count). The fourth-order valence-electron chi connectivity index (χ4n) is 6.56. The summed E-state index contributed by atoms with van der Waals surface area (Å²) in [5.41, 5.74) is 3.58. The highest BCUT2D eigenvalue weighted by Crippen LogP contribution is 2.34. The zero-order valence-electron chi connectivity index (χ0n) is 23.7. The smallest absolute Gasteiger partial charge is 0.186 e. The minimum absolute atomic E-state index is 0.0137. The summed E-state index contributed by atoms with van der Waals surface area (Å²) in [6.45, 7) is 7.08. The number of pyridine rings is 1. The van der Waals surface area contributed by atoms with Crippen LogP contribution < -0.4 is 15.5 Å². The average molecular weight is 600 g/mol. The normalized spacial score (nSPS) is 23.5. The van der Waals surface area contributed by atoms with Gasteiger partial charge in [-0.3, -0.25) is 14.6 Å². The Hall–Kier alpha value is -2.36. The van der Waals surface area contributed by atoms with Crippen molar-refractivity contribution in [1.82, 2.24) is 20.1 Å². The number of carbonyl (C=O) groups excluding carboxylic acids is 1. The number of aliphatic hydroxyl groups is 1. The second-order valence-corrected chi connectivity index (χ2v) is 12.6. The Labute approximate surface area is 252 Å². The highest BCUT2D eigenvalue weighted by Gasteiger charge is 2.36. The van der Waals surface area contributed by atoms with Gasteiger partial charge in [-0.25, -0.2) is 4.98 Å². The molecule has 3 N–H and O–H groups in total. The average Bonchev–Trinajstić information content (AvgIpc) is 3.82. The molecule has 41 heavy (non-hydrogen) atoms. The number of halogens is 2. The van der Waals surface area contributed by atoms with E-state index in [1.54, 1.807) is 0 Å². The zero-order valence-corrected chi connectivity index (χ0v) is 25.2.